The Morgan fingerprint density at radius 3 is 1.84 bits per heavy atom. The van der Waals surface area contributed by atoms with Gasteiger partial charge < -0.3 is 4.90 Å². The predicted octanol–water partition coefficient (Wildman–Crippen LogP) is 4.16. The molecule has 0 aliphatic carbocycles. The van der Waals surface area contributed by atoms with Crippen LogP contribution in [0.1, 0.15) is 17.5 Å². The van der Waals surface area contributed by atoms with Crippen molar-refractivity contribution < 1.29 is 0 Å². The van der Waals surface area contributed by atoms with E-state index in [9.17, 15) is 0 Å². The predicted molar refractivity (Wildman–Crippen MR) is 83.5 cm³/mol. The van der Waals surface area contributed by atoms with E-state index in [1.54, 1.807) is 0 Å². The van der Waals surface area contributed by atoms with E-state index in [0.29, 0.717) is 0 Å². The van der Waals surface area contributed by atoms with Gasteiger partial charge in [0.2, 0.25) is 0 Å². The zero-order valence-corrected chi connectivity index (χ0v) is 12.2. The molecule has 0 aliphatic rings. The van der Waals surface area contributed by atoms with Gasteiger partial charge in [0.15, 0.2) is 0 Å². The van der Waals surface area contributed by atoms with E-state index in [-0.39, 0.29) is 0 Å². The Labute approximate surface area is 116 Å². The lowest BCUT2D eigenvalue weighted by Crippen LogP contribution is -2.13. The van der Waals surface area contributed by atoms with Gasteiger partial charge in [0.25, 0.3) is 0 Å². The second-order valence-corrected chi connectivity index (χ2v) is 5.47. The molecule has 0 aliphatic heterocycles. The van der Waals surface area contributed by atoms with Crippen molar-refractivity contribution in [3.63, 3.8) is 0 Å². The number of aryl methyl sites for hydroxylation is 2. The summed E-state index contributed by atoms with van der Waals surface area (Å²) in [5.41, 5.74) is 5.34. The molecule has 2 rings (SSSR count). The average Bonchev–Trinajstić information content (AvgIpc) is 2.40. The van der Waals surface area contributed by atoms with E-state index >= 15 is 0 Å². The van der Waals surface area contributed by atoms with Crippen LogP contribution in [0, 0.1) is 6.92 Å². The molecule has 0 bridgehead atoms. The van der Waals surface area contributed by atoms with E-state index in [1.165, 1.54) is 28.7 Å². The van der Waals surface area contributed by atoms with E-state index in [4.69, 9.17) is 0 Å². The maximum absolute atomic E-state index is 2.25. The maximum atomic E-state index is 2.25. The molecule has 100 valence electrons. The lowest BCUT2D eigenvalue weighted by atomic mass is 10.0. The molecule has 0 fully saturated rings. The Hall–Kier alpha value is -1.60. The lowest BCUT2D eigenvalue weighted by Gasteiger charge is -2.09. The molecule has 1 nitrogen and oxygen atoms in total. The van der Waals surface area contributed by atoms with Crippen molar-refractivity contribution in [1.29, 1.82) is 0 Å². The van der Waals surface area contributed by atoms with Crippen molar-refractivity contribution >= 4 is 0 Å². The Morgan fingerprint density at radius 2 is 1.32 bits per heavy atom. The molecular formula is C18H23N. The summed E-state index contributed by atoms with van der Waals surface area (Å²) < 4.78 is 0. The summed E-state index contributed by atoms with van der Waals surface area (Å²) in [6, 6.07) is 17.7. The second kappa shape index (κ2) is 6.53. The second-order valence-electron chi connectivity index (χ2n) is 5.47. The highest BCUT2D eigenvalue weighted by Gasteiger charge is 1.99. The minimum atomic E-state index is 1.15. The number of rotatable bonds is 5. The van der Waals surface area contributed by atoms with Gasteiger partial charge in [-0.3, -0.25) is 0 Å². The summed E-state index contributed by atoms with van der Waals surface area (Å²) in [5.74, 6) is 0. The van der Waals surface area contributed by atoms with Crippen molar-refractivity contribution in [2.45, 2.75) is 19.8 Å². The quantitative estimate of drug-likeness (QED) is 0.773. The van der Waals surface area contributed by atoms with Crippen LogP contribution in [0.2, 0.25) is 0 Å². The highest BCUT2D eigenvalue weighted by Crippen LogP contribution is 2.20. The summed E-state index contributed by atoms with van der Waals surface area (Å²) in [6.45, 7) is 3.28. The van der Waals surface area contributed by atoms with Crippen molar-refractivity contribution in [3.8, 4) is 11.1 Å². The molecule has 0 N–H and O–H groups in total. The summed E-state index contributed by atoms with van der Waals surface area (Å²) >= 11 is 0. The Morgan fingerprint density at radius 1 is 0.789 bits per heavy atom. The van der Waals surface area contributed by atoms with Crippen LogP contribution >= 0.6 is 0 Å². The van der Waals surface area contributed by atoms with Crippen molar-refractivity contribution in [3.05, 3.63) is 59.7 Å². The van der Waals surface area contributed by atoms with Gasteiger partial charge in [-0.25, -0.2) is 0 Å². The van der Waals surface area contributed by atoms with Crippen molar-refractivity contribution in [2.24, 2.45) is 0 Å². The van der Waals surface area contributed by atoms with Gasteiger partial charge in [-0.1, -0.05) is 54.1 Å². The molecule has 0 aromatic heterocycles. The van der Waals surface area contributed by atoms with Gasteiger partial charge >= 0.3 is 0 Å². The zero-order chi connectivity index (χ0) is 13.7. The standard InChI is InChI=1S/C18H23N/c1-15-6-10-17(11-7-15)18-12-8-16(9-13-18)5-4-14-19(2)3/h6-13H,4-5,14H2,1-3H3. The minimum Gasteiger partial charge on any atom is -0.309 e. The minimum absolute atomic E-state index is 1.15. The van der Waals surface area contributed by atoms with Gasteiger partial charge in [-0.15, -0.1) is 0 Å². The number of benzene rings is 2. The molecule has 0 unspecified atom stereocenters. The Kier molecular flexibility index (Phi) is 4.75. The first-order chi connectivity index (χ1) is 9.15. The number of hydrogen-bond donors (Lipinski definition) is 0. The molecule has 0 radical (unpaired) electrons. The molecular weight excluding hydrogens is 230 g/mol. The molecule has 0 spiro atoms. The molecule has 19 heavy (non-hydrogen) atoms. The van der Waals surface area contributed by atoms with Gasteiger partial charge in [0.05, 0.1) is 0 Å². The van der Waals surface area contributed by atoms with E-state index in [0.717, 1.165) is 13.0 Å². The fourth-order valence-corrected chi connectivity index (χ4v) is 2.21. The first kappa shape index (κ1) is 13.8. The molecule has 0 atom stereocenters. The molecule has 0 saturated carbocycles. The largest absolute Gasteiger partial charge is 0.309 e. The number of nitrogens with zero attached hydrogens (tertiary/aromatic N) is 1. The average molecular weight is 253 g/mol. The third-order valence-corrected chi connectivity index (χ3v) is 3.41. The van der Waals surface area contributed by atoms with Gasteiger partial charge in [-0.05, 0) is 57.1 Å². The lowest BCUT2D eigenvalue weighted by molar-refractivity contribution is 0.400. The number of hydrogen-bond acceptors (Lipinski definition) is 1. The molecule has 2 aromatic rings. The third kappa shape index (κ3) is 4.22. The monoisotopic (exact) mass is 253 g/mol. The van der Waals surface area contributed by atoms with Crippen LogP contribution in [0.15, 0.2) is 48.5 Å². The molecule has 2 aromatic carbocycles. The summed E-state index contributed by atoms with van der Waals surface area (Å²) in [5, 5.41) is 0. The molecule has 0 heterocycles. The SMILES string of the molecule is Cc1ccc(-c2ccc(CCCN(C)C)cc2)cc1. The van der Waals surface area contributed by atoms with Crippen molar-refractivity contribution in [2.75, 3.05) is 20.6 Å². The topological polar surface area (TPSA) is 3.24 Å². The fourth-order valence-electron chi connectivity index (χ4n) is 2.21. The smallest absolute Gasteiger partial charge is 0.00217 e. The molecule has 0 saturated heterocycles. The zero-order valence-electron chi connectivity index (χ0n) is 12.2. The van der Waals surface area contributed by atoms with Crippen LogP contribution in [0.25, 0.3) is 11.1 Å². The van der Waals surface area contributed by atoms with Crippen molar-refractivity contribution in [1.82, 2.24) is 4.90 Å². The fraction of sp³-hybridized carbons (Fsp3) is 0.333. The van der Waals surface area contributed by atoms with Gasteiger partial charge in [0, 0.05) is 0 Å². The Bertz CT molecular complexity index is 494. The van der Waals surface area contributed by atoms with Crippen LogP contribution in [-0.2, 0) is 6.42 Å². The summed E-state index contributed by atoms with van der Waals surface area (Å²) in [7, 11) is 4.25. The Balaban J connectivity index is 2.00. The van der Waals surface area contributed by atoms with E-state index in [2.05, 4.69) is 74.4 Å². The summed E-state index contributed by atoms with van der Waals surface area (Å²) in [6.07, 6.45) is 2.38. The van der Waals surface area contributed by atoms with Crippen LogP contribution in [0.5, 0.6) is 0 Å². The first-order valence-corrected chi connectivity index (χ1v) is 6.96. The molecule has 0 amide bonds. The van der Waals surface area contributed by atoms with Gasteiger partial charge in [-0.2, -0.15) is 0 Å². The van der Waals surface area contributed by atoms with Crippen LogP contribution in [0.4, 0.5) is 0 Å². The molecule has 1 heteroatoms. The van der Waals surface area contributed by atoms with Crippen LogP contribution in [-0.4, -0.2) is 25.5 Å². The van der Waals surface area contributed by atoms with E-state index in [1.807, 2.05) is 0 Å². The first-order valence-electron chi connectivity index (χ1n) is 6.96. The highest BCUT2D eigenvalue weighted by molar-refractivity contribution is 5.63. The third-order valence-electron chi connectivity index (χ3n) is 3.41. The normalized spacial score (nSPS) is 10.9. The maximum Gasteiger partial charge on any atom is -0.00217 e. The van der Waals surface area contributed by atoms with Gasteiger partial charge in [0.1, 0.15) is 0 Å². The van der Waals surface area contributed by atoms with E-state index < -0.39 is 0 Å². The summed E-state index contributed by atoms with van der Waals surface area (Å²) in [4.78, 5) is 2.24. The van der Waals surface area contributed by atoms with Crippen LogP contribution in [0.3, 0.4) is 0 Å². The van der Waals surface area contributed by atoms with Crippen LogP contribution < -0.4 is 0 Å². The highest BCUT2D eigenvalue weighted by atomic mass is 15.0.